The van der Waals surface area contributed by atoms with Gasteiger partial charge in [0.1, 0.15) is 5.03 Å². The summed E-state index contributed by atoms with van der Waals surface area (Å²) >= 11 is 1.42. The number of ketones is 1. The number of nitrogens with one attached hydrogen (secondary N) is 1. The zero-order valence-corrected chi connectivity index (χ0v) is 22.9. The Kier molecular flexibility index (Phi) is 7.84. The summed E-state index contributed by atoms with van der Waals surface area (Å²) in [5, 5.41) is 9.06. The lowest BCUT2D eigenvalue weighted by molar-refractivity contribution is -0.115. The average molecular weight is 536 g/mol. The van der Waals surface area contributed by atoms with E-state index in [9.17, 15) is 9.59 Å². The number of hydrogen-bond acceptors (Lipinski definition) is 6. The first-order chi connectivity index (χ1) is 19.0. The third-order valence-corrected chi connectivity index (χ3v) is 7.74. The summed E-state index contributed by atoms with van der Waals surface area (Å²) < 4.78 is 1.86. The molecule has 1 N–H and O–H groups in total. The molecule has 0 aliphatic carbocycles. The summed E-state index contributed by atoms with van der Waals surface area (Å²) in [4.78, 5) is 35.2. The molecule has 39 heavy (non-hydrogen) atoms. The first kappa shape index (κ1) is 26.3. The molecule has 2 aromatic heterocycles. The molecular weight excluding hydrogens is 506 g/mol. The Labute approximate surface area is 231 Å². The van der Waals surface area contributed by atoms with Gasteiger partial charge in [-0.3, -0.25) is 9.59 Å². The van der Waals surface area contributed by atoms with Crippen LogP contribution in [-0.2, 0) is 11.2 Å². The van der Waals surface area contributed by atoms with Crippen LogP contribution in [0.4, 0.5) is 5.69 Å². The van der Waals surface area contributed by atoms with Crippen LogP contribution in [0.1, 0.15) is 43.2 Å². The molecule has 1 amide bonds. The number of fused-ring (bicyclic) bond motifs is 1. The van der Waals surface area contributed by atoms with Gasteiger partial charge in [0, 0.05) is 16.8 Å². The van der Waals surface area contributed by atoms with E-state index in [4.69, 9.17) is 15.1 Å². The zero-order valence-electron chi connectivity index (χ0n) is 22.1. The van der Waals surface area contributed by atoms with Crippen molar-refractivity contribution in [3.8, 4) is 17.1 Å². The van der Waals surface area contributed by atoms with Crippen LogP contribution in [0.25, 0.3) is 28.1 Å². The number of rotatable bonds is 9. The number of carbonyl (C=O) groups excluding carboxylic acids is 2. The molecule has 0 spiro atoms. The van der Waals surface area contributed by atoms with Crippen molar-refractivity contribution < 1.29 is 9.59 Å². The lowest BCUT2D eigenvalue weighted by Gasteiger charge is -2.16. The van der Waals surface area contributed by atoms with Crippen molar-refractivity contribution in [2.24, 2.45) is 0 Å². The minimum absolute atomic E-state index is 0.0492. The molecule has 196 valence electrons. The maximum Gasteiger partial charge on any atom is 0.237 e. The van der Waals surface area contributed by atoms with Crippen molar-refractivity contribution in [1.29, 1.82) is 0 Å². The van der Waals surface area contributed by atoms with E-state index < -0.39 is 5.25 Å². The fraction of sp³-hybridized carbons (Fsp3) is 0.194. The topological polar surface area (TPSA) is 89.8 Å². The number of amides is 1. The number of anilines is 1. The smallest absolute Gasteiger partial charge is 0.237 e. The average Bonchev–Trinajstić information content (AvgIpc) is 3.35. The van der Waals surface area contributed by atoms with Crippen LogP contribution in [0.3, 0.4) is 0 Å². The molecule has 0 unspecified atom stereocenters. The molecule has 0 bridgehead atoms. The third-order valence-electron chi connectivity index (χ3n) is 6.39. The van der Waals surface area contributed by atoms with Gasteiger partial charge in [0.25, 0.3) is 0 Å². The lowest BCUT2D eigenvalue weighted by atomic mass is 10.1. The second kappa shape index (κ2) is 11.6. The molecule has 1 atom stereocenters. The molecule has 5 aromatic rings. The molecule has 3 aromatic carbocycles. The Morgan fingerprint density at radius 1 is 0.923 bits per heavy atom. The third kappa shape index (κ3) is 5.61. The maximum absolute atomic E-state index is 13.4. The van der Waals surface area contributed by atoms with Gasteiger partial charge in [0.15, 0.2) is 17.3 Å². The number of aryl methyl sites for hydroxylation is 1. The molecule has 2 heterocycles. The number of para-hydroxylation sites is 1. The Bertz CT molecular complexity index is 1630. The van der Waals surface area contributed by atoms with Crippen molar-refractivity contribution >= 4 is 40.2 Å². The standard InChI is InChI=1S/C31H29N5O2S/c1-4-25-27-29(36(35-25)24-17-10-7-11-18-24)33-28(21-13-8-6-9-14-21)34-31(27)39-26(5-2)30(38)32-23-16-12-15-22(19-23)20(3)37/h6-19,26H,4-5H2,1-3H3,(H,32,38)/t26-/m1/s1. The van der Waals surface area contributed by atoms with Crippen LogP contribution in [0.5, 0.6) is 0 Å². The Hall–Kier alpha value is -4.30. The zero-order chi connectivity index (χ0) is 27.4. The highest BCUT2D eigenvalue weighted by Crippen LogP contribution is 2.35. The van der Waals surface area contributed by atoms with Gasteiger partial charge in [-0.2, -0.15) is 5.10 Å². The van der Waals surface area contributed by atoms with Gasteiger partial charge in [-0.05, 0) is 44.0 Å². The second-order valence-corrected chi connectivity index (χ2v) is 10.3. The van der Waals surface area contributed by atoms with Gasteiger partial charge in [-0.15, -0.1) is 0 Å². The number of hydrogen-bond donors (Lipinski definition) is 1. The van der Waals surface area contributed by atoms with E-state index in [2.05, 4.69) is 12.2 Å². The van der Waals surface area contributed by atoms with Crippen LogP contribution in [0.15, 0.2) is 90.0 Å². The SMILES string of the molecule is CCc1nn(-c2ccccc2)c2nc(-c3ccccc3)nc(S[C@H](CC)C(=O)Nc3cccc(C(C)=O)c3)c12. The highest BCUT2D eigenvalue weighted by Gasteiger charge is 2.25. The minimum Gasteiger partial charge on any atom is -0.325 e. The summed E-state index contributed by atoms with van der Waals surface area (Å²) in [5.41, 5.74) is 4.53. The quantitative estimate of drug-likeness (QED) is 0.127. The van der Waals surface area contributed by atoms with E-state index in [0.717, 1.165) is 27.4 Å². The summed E-state index contributed by atoms with van der Waals surface area (Å²) in [6.45, 7) is 5.55. The molecule has 7 nitrogen and oxygen atoms in total. The van der Waals surface area contributed by atoms with Crippen LogP contribution in [0.2, 0.25) is 0 Å². The van der Waals surface area contributed by atoms with Crippen molar-refractivity contribution in [3.63, 3.8) is 0 Å². The van der Waals surface area contributed by atoms with Crippen LogP contribution in [0, 0.1) is 0 Å². The number of aromatic nitrogens is 4. The van der Waals surface area contributed by atoms with Crippen molar-refractivity contribution in [2.45, 2.75) is 43.9 Å². The van der Waals surface area contributed by atoms with E-state index in [1.54, 1.807) is 24.3 Å². The Morgan fingerprint density at radius 3 is 2.31 bits per heavy atom. The molecule has 0 radical (unpaired) electrons. The van der Waals surface area contributed by atoms with E-state index >= 15 is 0 Å². The number of Topliss-reactive ketones (excluding diaryl/α,β-unsaturated/α-hetero) is 1. The Balaban J connectivity index is 1.59. The van der Waals surface area contributed by atoms with E-state index in [1.165, 1.54) is 18.7 Å². The number of carbonyl (C=O) groups is 2. The van der Waals surface area contributed by atoms with E-state index in [-0.39, 0.29) is 11.7 Å². The van der Waals surface area contributed by atoms with Crippen LogP contribution in [-0.4, -0.2) is 36.7 Å². The molecule has 0 fully saturated rings. The van der Waals surface area contributed by atoms with Crippen LogP contribution >= 0.6 is 11.8 Å². The molecular formula is C31H29N5O2S. The fourth-order valence-electron chi connectivity index (χ4n) is 4.35. The summed E-state index contributed by atoms with van der Waals surface area (Å²) in [6.07, 6.45) is 1.28. The first-order valence-corrected chi connectivity index (χ1v) is 13.9. The van der Waals surface area contributed by atoms with Gasteiger partial charge < -0.3 is 5.32 Å². The molecule has 8 heteroatoms. The van der Waals surface area contributed by atoms with Crippen molar-refractivity contribution in [3.05, 3.63) is 96.2 Å². The van der Waals surface area contributed by atoms with E-state index in [1.807, 2.05) is 72.3 Å². The summed E-state index contributed by atoms with van der Waals surface area (Å²) in [7, 11) is 0. The minimum atomic E-state index is -0.419. The largest absolute Gasteiger partial charge is 0.325 e. The molecule has 0 saturated heterocycles. The maximum atomic E-state index is 13.4. The monoisotopic (exact) mass is 535 g/mol. The molecule has 5 rings (SSSR count). The highest BCUT2D eigenvalue weighted by atomic mass is 32.2. The van der Waals surface area contributed by atoms with Gasteiger partial charge in [-0.25, -0.2) is 14.6 Å². The predicted octanol–water partition coefficient (Wildman–Crippen LogP) is 6.76. The van der Waals surface area contributed by atoms with Gasteiger partial charge >= 0.3 is 0 Å². The van der Waals surface area contributed by atoms with Gasteiger partial charge in [-0.1, -0.05) is 86.3 Å². The fourth-order valence-corrected chi connectivity index (χ4v) is 5.42. The van der Waals surface area contributed by atoms with Crippen molar-refractivity contribution in [1.82, 2.24) is 19.7 Å². The van der Waals surface area contributed by atoms with E-state index in [0.29, 0.717) is 35.6 Å². The highest BCUT2D eigenvalue weighted by molar-refractivity contribution is 8.00. The second-order valence-electron chi connectivity index (χ2n) is 9.11. The lowest BCUT2D eigenvalue weighted by Crippen LogP contribution is -2.25. The predicted molar refractivity (Wildman–Crippen MR) is 156 cm³/mol. The number of nitrogens with zero attached hydrogens (tertiary/aromatic N) is 4. The Morgan fingerprint density at radius 2 is 1.64 bits per heavy atom. The summed E-state index contributed by atoms with van der Waals surface area (Å²) in [6, 6.07) is 26.7. The summed E-state index contributed by atoms with van der Waals surface area (Å²) in [5.74, 6) is 0.381. The normalized spacial score (nSPS) is 11.9. The molecule has 0 aliphatic rings. The molecule has 0 saturated carbocycles. The van der Waals surface area contributed by atoms with Gasteiger partial charge in [0.2, 0.25) is 5.91 Å². The molecule has 0 aliphatic heterocycles. The number of thioether (sulfide) groups is 1. The van der Waals surface area contributed by atoms with Crippen LogP contribution < -0.4 is 5.32 Å². The van der Waals surface area contributed by atoms with Gasteiger partial charge in [0.05, 0.1) is 22.0 Å². The first-order valence-electron chi connectivity index (χ1n) is 13.0. The number of benzene rings is 3. The van der Waals surface area contributed by atoms with Crippen molar-refractivity contribution in [2.75, 3.05) is 5.32 Å².